The van der Waals surface area contributed by atoms with Crippen LogP contribution in [-0.4, -0.2) is 19.0 Å². The van der Waals surface area contributed by atoms with Gasteiger partial charge in [0.05, 0.1) is 12.0 Å². The van der Waals surface area contributed by atoms with Crippen molar-refractivity contribution >= 4 is 17.5 Å². The zero-order valence-corrected chi connectivity index (χ0v) is 10.6. The molecular weight excluding hydrogens is 236 g/mol. The minimum atomic E-state index is 0.0281. The molecule has 1 amide bonds. The third kappa shape index (κ3) is 3.20. The van der Waals surface area contributed by atoms with Crippen LogP contribution in [-0.2, 0) is 4.79 Å². The van der Waals surface area contributed by atoms with Crippen LogP contribution in [0.3, 0.4) is 0 Å². The van der Waals surface area contributed by atoms with Gasteiger partial charge in [-0.15, -0.1) is 0 Å². The molecular formula is C13H17ClN2O. The molecule has 4 heteroatoms. The van der Waals surface area contributed by atoms with Gasteiger partial charge < -0.3 is 10.6 Å². The van der Waals surface area contributed by atoms with Crippen LogP contribution in [0.5, 0.6) is 0 Å². The van der Waals surface area contributed by atoms with Crippen LogP contribution in [0.4, 0.5) is 0 Å². The molecule has 1 saturated heterocycles. The van der Waals surface area contributed by atoms with Gasteiger partial charge in [-0.2, -0.15) is 0 Å². The van der Waals surface area contributed by atoms with E-state index in [4.69, 9.17) is 11.6 Å². The number of hydrogen-bond donors (Lipinski definition) is 2. The molecule has 2 N–H and O–H groups in total. The molecule has 1 aliphatic rings. The monoisotopic (exact) mass is 252 g/mol. The molecule has 1 aromatic carbocycles. The van der Waals surface area contributed by atoms with Crippen molar-refractivity contribution in [3.8, 4) is 0 Å². The summed E-state index contributed by atoms with van der Waals surface area (Å²) in [7, 11) is 0. The molecule has 1 aromatic rings. The van der Waals surface area contributed by atoms with Crippen LogP contribution in [0.15, 0.2) is 24.3 Å². The fraction of sp³-hybridized carbons (Fsp3) is 0.462. The molecule has 1 aliphatic heterocycles. The van der Waals surface area contributed by atoms with Gasteiger partial charge in [-0.25, -0.2) is 0 Å². The van der Waals surface area contributed by atoms with E-state index < -0.39 is 0 Å². The number of carbonyl (C=O) groups excluding carboxylic acids is 1. The van der Waals surface area contributed by atoms with E-state index in [9.17, 15) is 4.79 Å². The Morgan fingerprint density at radius 1 is 1.47 bits per heavy atom. The first-order valence-corrected chi connectivity index (χ1v) is 6.31. The quantitative estimate of drug-likeness (QED) is 0.865. The summed E-state index contributed by atoms with van der Waals surface area (Å²) in [5.41, 5.74) is 1.08. The SMILES string of the molecule is CC(NC(=O)C1CCNC1)c1ccc(Cl)cc1. The Morgan fingerprint density at radius 2 is 2.18 bits per heavy atom. The van der Waals surface area contributed by atoms with Gasteiger partial charge in [0, 0.05) is 11.6 Å². The van der Waals surface area contributed by atoms with Gasteiger partial charge in [0.2, 0.25) is 5.91 Å². The first-order valence-electron chi connectivity index (χ1n) is 5.93. The largest absolute Gasteiger partial charge is 0.349 e. The fourth-order valence-electron chi connectivity index (χ4n) is 2.04. The lowest BCUT2D eigenvalue weighted by Gasteiger charge is -2.17. The van der Waals surface area contributed by atoms with Crippen molar-refractivity contribution in [3.63, 3.8) is 0 Å². The summed E-state index contributed by atoms with van der Waals surface area (Å²) in [6.07, 6.45) is 0.930. The summed E-state index contributed by atoms with van der Waals surface area (Å²) in [6, 6.07) is 7.61. The first kappa shape index (κ1) is 12.4. The zero-order chi connectivity index (χ0) is 12.3. The van der Waals surface area contributed by atoms with Crippen molar-refractivity contribution in [1.82, 2.24) is 10.6 Å². The smallest absolute Gasteiger partial charge is 0.224 e. The maximum absolute atomic E-state index is 11.9. The number of amides is 1. The predicted octanol–water partition coefficient (Wildman–Crippen LogP) is 2.13. The normalized spacial score (nSPS) is 21.2. The lowest BCUT2D eigenvalue weighted by Crippen LogP contribution is -2.33. The second-order valence-corrected chi connectivity index (χ2v) is 4.91. The van der Waals surface area contributed by atoms with E-state index in [1.807, 2.05) is 31.2 Å². The summed E-state index contributed by atoms with van der Waals surface area (Å²) in [6.45, 7) is 3.72. The minimum absolute atomic E-state index is 0.0281. The molecule has 92 valence electrons. The molecule has 3 nitrogen and oxygen atoms in total. The van der Waals surface area contributed by atoms with Gasteiger partial charge in [0.25, 0.3) is 0 Å². The van der Waals surface area contributed by atoms with Crippen LogP contribution in [0.25, 0.3) is 0 Å². The van der Waals surface area contributed by atoms with Crippen molar-refractivity contribution < 1.29 is 4.79 Å². The standard InChI is InChI=1S/C13H17ClN2O/c1-9(10-2-4-12(14)5-3-10)16-13(17)11-6-7-15-8-11/h2-5,9,11,15H,6-8H2,1H3,(H,16,17). The van der Waals surface area contributed by atoms with E-state index in [2.05, 4.69) is 10.6 Å². The minimum Gasteiger partial charge on any atom is -0.349 e. The molecule has 0 saturated carbocycles. The molecule has 1 heterocycles. The molecule has 0 bridgehead atoms. The Bertz CT molecular complexity index is 385. The van der Waals surface area contributed by atoms with Crippen LogP contribution in [0.1, 0.15) is 24.9 Å². The number of rotatable bonds is 3. The Kier molecular flexibility index (Phi) is 4.02. The highest BCUT2D eigenvalue weighted by atomic mass is 35.5. The van der Waals surface area contributed by atoms with E-state index in [-0.39, 0.29) is 17.9 Å². The average molecular weight is 253 g/mol. The number of hydrogen-bond acceptors (Lipinski definition) is 2. The summed E-state index contributed by atoms with van der Waals surface area (Å²) in [5.74, 6) is 0.252. The van der Waals surface area contributed by atoms with Crippen LogP contribution >= 0.6 is 11.6 Å². The van der Waals surface area contributed by atoms with Gasteiger partial charge in [0.1, 0.15) is 0 Å². The molecule has 2 rings (SSSR count). The first-order chi connectivity index (χ1) is 8.16. The van der Waals surface area contributed by atoms with E-state index in [1.54, 1.807) is 0 Å². The predicted molar refractivity (Wildman–Crippen MR) is 69.0 cm³/mol. The van der Waals surface area contributed by atoms with E-state index in [1.165, 1.54) is 0 Å². The molecule has 2 unspecified atom stereocenters. The van der Waals surface area contributed by atoms with Gasteiger partial charge in [-0.1, -0.05) is 23.7 Å². The highest BCUT2D eigenvalue weighted by molar-refractivity contribution is 6.30. The van der Waals surface area contributed by atoms with Gasteiger partial charge in [0.15, 0.2) is 0 Å². The van der Waals surface area contributed by atoms with Crippen molar-refractivity contribution in [2.45, 2.75) is 19.4 Å². The van der Waals surface area contributed by atoms with Crippen LogP contribution in [0.2, 0.25) is 5.02 Å². The second kappa shape index (κ2) is 5.52. The third-order valence-corrected chi connectivity index (χ3v) is 3.41. The maximum atomic E-state index is 11.9. The maximum Gasteiger partial charge on any atom is 0.224 e. The van der Waals surface area contributed by atoms with Crippen molar-refractivity contribution in [3.05, 3.63) is 34.9 Å². The number of benzene rings is 1. The van der Waals surface area contributed by atoms with Crippen LogP contribution in [0, 0.1) is 5.92 Å². The van der Waals surface area contributed by atoms with Crippen LogP contribution < -0.4 is 10.6 Å². The summed E-state index contributed by atoms with van der Waals surface area (Å²) < 4.78 is 0. The van der Waals surface area contributed by atoms with E-state index in [0.29, 0.717) is 5.02 Å². The molecule has 0 aliphatic carbocycles. The highest BCUT2D eigenvalue weighted by Gasteiger charge is 2.23. The molecule has 17 heavy (non-hydrogen) atoms. The fourth-order valence-corrected chi connectivity index (χ4v) is 2.17. The van der Waals surface area contributed by atoms with Gasteiger partial charge in [-0.3, -0.25) is 4.79 Å². The van der Waals surface area contributed by atoms with Crippen molar-refractivity contribution in [1.29, 1.82) is 0 Å². The lowest BCUT2D eigenvalue weighted by molar-refractivity contribution is -0.125. The molecule has 0 radical (unpaired) electrons. The average Bonchev–Trinajstić information content (AvgIpc) is 2.83. The Balaban J connectivity index is 1.93. The zero-order valence-electron chi connectivity index (χ0n) is 9.87. The molecule has 1 fully saturated rings. The van der Waals surface area contributed by atoms with E-state index >= 15 is 0 Å². The lowest BCUT2D eigenvalue weighted by atomic mass is 10.1. The molecule has 0 aromatic heterocycles. The van der Waals surface area contributed by atoms with Crippen molar-refractivity contribution in [2.24, 2.45) is 5.92 Å². The summed E-state index contributed by atoms with van der Waals surface area (Å²) in [4.78, 5) is 11.9. The number of carbonyl (C=O) groups is 1. The second-order valence-electron chi connectivity index (χ2n) is 4.47. The van der Waals surface area contributed by atoms with Crippen molar-refractivity contribution in [2.75, 3.05) is 13.1 Å². The topological polar surface area (TPSA) is 41.1 Å². The van der Waals surface area contributed by atoms with Gasteiger partial charge >= 0.3 is 0 Å². The Labute approximate surface area is 107 Å². The summed E-state index contributed by atoms with van der Waals surface area (Å²) in [5, 5.41) is 6.95. The third-order valence-electron chi connectivity index (χ3n) is 3.16. The Morgan fingerprint density at radius 3 is 2.76 bits per heavy atom. The van der Waals surface area contributed by atoms with E-state index in [0.717, 1.165) is 25.1 Å². The highest BCUT2D eigenvalue weighted by Crippen LogP contribution is 2.17. The molecule has 2 atom stereocenters. The molecule has 0 spiro atoms. The summed E-state index contributed by atoms with van der Waals surface area (Å²) >= 11 is 5.83. The Hall–Kier alpha value is -1.06. The number of nitrogens with one attached hydrogen (secondary N) is 2. The van der Waals surface area contributed by atoms with Gasteiger partial charge in [-0.05, 0) is 37.6 Å². The number of halogens is 1.